The van der Waals surface area contributed by atoms with Crippen molar-refractivity contribution in [2.45, 2.75) is 45.8 Å². The Morgan fingerprint density at radius 3 is 2.53 bits per heavy atom. The molecule has 0 aliphatic rings. The lowest BCUT2D eigenvalue weighted by Crippen LogP contribution is -2.40. The van der Waals surface area contributed by atoms with Crippen LogP contribution in [0.4, 0.5) is 0 Å². The summed E-state index contributed by atoms with van der Waals surface area (Å²) in [6.07, 6.45) is 0.350. The van der Waals surface area contributed by atoms with Crippen molar-refractivity contribution >= 4 is 11.3 Å². The summed E-state index contributed by atoms with van der Waals surface area (Å²) in [4.78, 5) is 5.63. The lowest BCUT2D eigenvalue weighted by atomic mass is 9.97. The fraction of sp³-hybridized carbons (Fsp3) is 0.727. The molecule has 4 heteroatoms. The second kappa shape index (κ2) is 4.60. The number of aryl methyl sites for hydroxylation is 2. The summed E-state index contributed by atoms with van der Waals surface area (Å²) in [5, 5.41) is 11.1. The first-order valence-corrected chi connectivity index (χ1v) is 5.86. The molecule has 0 saturated heterocycles. The van der Waals surface area contributed by atoms with Crippen LogP contribution in [-0.4, -0.2) is 28.9 Å². The van der Waals surface area contributed by atoms with Crippen LogP contribution >= 0.6 is 11.3 Å². The van der Waals surface area contributed by atoms with Gasteiger partial charge in [-0.3, -0.25) is 0 Å². The van der Waals surface area contributed by atoms with Crippen molar-refractivity contribution in [3.05, 3.63) is 15.6 Å². The Labute approximate surface area is 95.1 Å². The van der Waals surface area contributed by atoms with Crippen LogP contribution in [0.5, 0.6) is 0 Å². The highest BCUT2D eigenvalue weighted by atomic mass is 32.1. The molecule has 0 saturated carbocycles. The molecule has 0 aromatic carbocycles. The predicted octanol–water partition coefficient (Wildman–Crippen LogP) is 2.09. The monoisotopic (exact) mass is 229 g/mol. The number of methoxy groups -OCH3 is 1. The van der Waals surface area contributed by atoms with Gasteiger partial charge in [0.15, 0.2) is 0 Å². The van der Waals surface area contributed by atoms with Crippen LogP contribution in [-0.2, 0) is 11.2 Å². The highest BCUT2D eigenvalue weighted by molar-refractivity contribution is 7.11. The summed E-state index contributed by atoms with van der Waals surface area (Å²) in [6.45, 7) is 7.69. The van der Waals surface area contributed by atoms with Gasteiger partial charge in [0.25, 0.3) is 0 Å². The molecule has 3 nitrogen and oxygen atoms in total. The minimum absolute atomic E-state index is 0.193. The normalized spacial score (nSPS) is 17.5. The van der Waals surface area contributed by atoms with E-state index >= 15 is 0 Å². The Hall–Kier alpha value is -0.450. The van der Waals surface area contributed by atoms with E-state index in [0.717, 1.165) is 10.7 Å². The third-order valence-corrected chi connectivity index (χ3v) is 3.88. The van der Waals surface area contributed by atoms with Crippen LogP contribution in [0.1, 0.15) is 29.4 Å². The molecule has 1 aromatic rings. The van der Waals surface area contributed by atoms with Crippen LogP contribution in [0, 0.1) is 13.8 Å². The van der Waals surface area contributed by atoms with Crippen molar-refractivity contribution in [3.63, 3.8) is 0 Å². The van der Waals surface area contributed by atoms with Crippen LogP contribution in [0.2, 0.25) is 0 Å². The molecule has 0 aliphatic carbocycles. The second-order valence-corrected chi connectivity index (χ2v) is 5.45. The van der Waals surface area contributed by atoms with Crippen LogP contribution in [0.3, 0.4) is 0 Å². The Morgan fingerprint density at radius 2 is 2.13 bits per heavy atom. The lowest BCUT2D eigenvalue weighted by molar-refractivity contribution is -0.0716. The highest BCUT2D eigenvalue weighted by Crippen LogP contribution is 2.24. The van der Waals surface area contributed by atoms with Crippen molar-refractivity contribution in [1.29, 1.82) is 0 Å². The first kappa shape index (κ1) is 12.6. The maximum Gasteiger partial charge on any atom is 0.0960 e. The third-order valence-electron chi connectivity index (χ3n) is 2.81. The first-order chi connectivity index (χ1) is 6.86. The van der Waals surface area contributed by atoms with Gasteiger partial charge in [0.2, 0.25) is 0 Å². The molecular formula is C11H19NO2S. The standard InChI is InChI=1S/C11H19NO2S/c1-7-8(2)15-10(12-7)6-11(4,13)9(3)14-5/h9,13H,6H2,1-5H3. The van der Waals surface area contributed by atoms with Gasteiger partial charge in [0.05, 0.1) is 22.4 Å². The van der Waals surface area contributed by atoms with Crippen molar-refractivity contribution in [2.75, 3.05) is 7.11 Å². The molecule has 0 bridgehead atoms. The van der Waals surface area contributed by atoms with Gasteiger partial charge < -0.3 is 9.84 Å². The third kappa shape index (κ3) is 3.00. The summed E-state index contributed by atoms with van der Waals surface area (Å²) in [6, 6.07) is 0. The second-order valence-electron chi connectivity index (χ2n) is 4.16. The van der Waals surface area contributed by atoms with Gasteiger partial charge in [0.1, 0.15) is 0 Å². The smallest absolute Gasteiger partial charge is 0.0960 e. The minimum Gasteiger partial charge on any atom is -0.387 e. The number of hydrogen-bond acceptors (Lipinski definition) is 4. The van der Waals surface area contributed by atoms with Crippen LogP contribution < -0.4 is 0 Å². The Kier molecular flexibility index (Phi) is 3.87. The minimum atomic E-state index is -0.856. The molecule has 0 radical (unpaired) electrons. The van der Waals surface area contributed by atoms with Gasteiger partial charge in [-0.25, -0.2) is 4.98 Å². The van der Waals surface area contributed by atoms with Gasteiger partial charge in [-0.05, 0) is 27.7 Å². The van der Waals surface area contributed by atoms with Crippen LogP contribution in [0.25, 0.3) is 0 Å². The predicted molar refractivity (Wildman–Crippen MR) is 62.4 cm³/mol. The molecule has 86 valence electrons. The zero-order valence-electron chi connectivity index (χ0n) is 10.00. The summed E-state index contributed by atoms with van der Waals surface area (Å²) in [5.74, 6) is 0. The molecule has 2 atom stereocenters. The molecular weight excluding hydrogens is 210 g/mol. The highest BCUT2D eigenvalue weighted by Gasteiger charge is 2.30. The van der Waals surface area contributed by atoms with E-state index in [2.05, 4.69) is 4.98 Å². The summed E-state index contributed by atoms with van der Waals surface area (Å²) in [7, 11) is 1.61. The van der Waals surface area contributed by atoms with Gasteiger partial charge in [-0.2, -0.15) is 0 Å². The van der Waals surface area contributed by atoms with E-state index in [1.54, 1.807) is 25.4 Å². The molecule has 1 aromatic heterocycles. The maximum atomic E-state index is 10.2. The van der Waals surface area contributed by atoms with Gasteiger partial charge >= 0.3 is 0 Å². The average Bonchev–Trinajstić information content (AvgIpc) is 2.43. The number of hydrogen-bond donors (Lipinski definition) is 1. The summed E-state index contributed by atoms with van der Waals surface area (Å²) in [5.41, 5.74) is 0.196. The van der Waals surface area contributed by atoms with E-state index in [9.17, 15) is 5.11 Å². The number of aliphatic hydroxyl groups is 1. The SMILES string of the molecule is COC(C)C(C)(O)Cc1nc(C)c(C)s1. The maximum absolute atomic E-state index is 10.2. The number of rotatable bonds is 4. The summed E-state index contributed by atoms with van der Waals surface area (Å²) >= 11 is 1.64. The largest absolute Gasteiger partial charge is 0.387 e. The molecule has 15 heavy (non-hydrogen) atoms. The Balaban J connectivity index is 2.76. The van der Waals surface area contributed by atoms with Gasteiger partial charge in [-0.1, -0.05) is 0 Å². The molecule has 0 aliphatic heterocycles. The zero-order chi connectivity index (χ0) is 11.6. The molecule has 0 fully saturated rings. The van der Waals surface area contributed by atoms with Crippen molar-refractivity contribution in [3.8, 4) is 0 Å². The van der Waals surface area contributed by atoms with Crippen molar-refractivity contribution in [2.24, 2.45) is 0 Å². The molecule has 2 unspecified atom stereocenters. The van der Waals surface area contributed by atoms with E-state index in [1.165, 1.54) is 4.88 Å². The summed E-state index contributed by atoms with van der Waals surface area (Å²) < 4.78 is 5.15. The van der Waals surface area contributed by atoms with Crippen molar-refractivity contribution in [1.82, 2.24) is 4.98 Å². The number of nitrogens with zero attached hydrogens (tertiary/aromatic N) is 1. The number of thiazole rings is 1. The molecule has 1 rings (SSSR count). The lowest BCUT2D eigenvalue weighted by Gasteiger charge is -2.28. The molecule has 1 heterocycles. The fourth-order valence-electron chi connectivity index (χ4n) is 1.32. The molecule has 1 N–H and O–H groups in total. The number of ether oxygens (including phenoxy) is 1. The number of aromatic nitrogens is 1. The van der Waals surface area contributed by atoms with Crippen LogP contribution in [0.15, 0.2) is 0 Å². The van der Waals surface area contributed by atoms with E-state index in [0.29, 0.717) is 6.42 Å². The van der Waals surface area contributed by atoms with E-state index < -0.39 is 5.60 Å². The zero-order valence-corrected chi connectivity index (χ0v) is 10.8. The van der Waals surface area contributed by atoms with E-state index in [-0.39, 0.29) is 6.10 Å². The topological polar surface area (TPSA) is 42.4 Å². The Morgan fingerprint density at radius 1 is 1.53 bits per heavy atom. The quantitative estimate of drug-likeness (QED) is 0.859. The van der Waals surface area contributed by atoms with E-state index in [4.69, 9.17) is 4.74 Å². The fourth-order valence-corrected chi connectivity index (χ4v) is 2.41. The van der Waals surface area contributed by atoms with E-state index in [1.807, 2.05) is 20.8 Å². The first-order valence-electron chi connectivity index (χ1n) is 5.05. The molecule has 0 amide bonds. The molecule has 0 spiro atoms. The van der Waals surface area contributed by atoms with Gasteiger partial charge in [-0.15, -0.1) is 11.3 Å². The van der Waals surface area contributed by atoms with Crippen molar-refractivity contribution < 1.29 is 9.84 Å². The van der Waals surface area contributed by atoms with Gasteiger partial charge in [0, 0.05) is 18.4 Å². The Bertz CT molecular complexity index is 314. The average molecular weight is 229 g/mol.